The molecule has 1 atom stereocenters. The van der Waals surface area contributed by atoms with Gasteiger partial charge in [0.25, 0.3) is 0 Å². The van der Waals surface area contributed by atoms with Gasteiger partial charge >= 0.3 is 5.97 Å². The van der Waals surface area contributed by atoms with E-state index in [0.29, 0.717) is 10.6 Å². The quantitative estimate of drug-likeness (QED) is 0.644. The van der Waals surface area contributed by atoms with Gasteiger partial charge in [-0.05, 0) is 29.6 Å². The highest BCUT2D eigenvalue weighted by Crippen LogP contribution is 2.29. The largest absolute Gasteiger partial charge is 0.495 e. The van der Waals surface area contributed by atoms with Gasteiger partial charge in [-0.2, -0.15) is 0 Å². The Morgan fingerprint density at radius 1 is 1.22 bits per heavy atom. The third-order valence-corrected chi connectivity index (χ3v) is 6.03. The molecular weight excluding hydrogens is 392 g/mol. The molecule has 1 aromatic carbocycles. The van der Waals surface area contributed by atoms with Crippen LogP contribution in [0.3, 0.4) is 0 Å². The Kier molecular flexibility index (Phi) is 6.94. The van der Waals surface area contributed by atoms with E-state index in [9.17, 15) is 18.0 Å². The van der Waals surface area contributed by atoms with Gasteiger partial charge in [0, 0.05) is 11.8 Å². The minimum atomic E-state index is -3.98. The van der Waals surface area contributed by atoms with Gasteiger partial charge < -0.3 is 14.8 Å². The molecular formula is C17H20N2O6S2. The number of hydrogen-bond donors (Lipinski definition) is 2. The first kappa shape index (κ1) is 20.9. The molecule has 0 aliphatic carbocycles. The van der Waals surface area contributed by atoms with Crippen LogP contribution < -0.4 is 14.8 Å². The summed E-state index contributed by atoms with van der Waals surface area (Å²) in [6.45, 7) is 1.31. The number of nitrogens with one attached hydrogen (secondary N) is 2. The Morgan fingerprint density at radius 3 is 2.52 bits per heavy atom. The van der Waals surface area contributed by atoms with E-state index in [1.807, 2.05) is 0 Å². The van der Waals surface area contributed by atoms with E-state index >= 15 is 0 Å². The molecule has 0 spiro atoms. The molecule has 2 rings (SSSR count). The smallest absolute Gasteiger partial charge is 0.307 e. The van der Waals surface area contributed by atoms with E-state index < -0.39 is 22.0 Å². The van der Waals surface area contributed by atoms with Crippen molar-refractivity contribution in [1.82, 2.24) is 4.72 Å². The molecule has 1 heterocycles. The number of hydrogen-bond acceptors (Lipinski definition) is 7. The van der Waals surface area contributed by atoms with Gasteiger partial charge in [-0.15, -0.1) is 11.3 Å². The summed E-state index contributed by atoms with van der Waals surface area (Å²) in [6, 6.07) is 6.83. The number of sulfonamides is 1. The molecule has 0 fully saturated rings. The molecule has 0 unspecified atom stereocenters. The van der Waals surface area contributed by atoms with Crippen LogP contribution in [0.1, 0.15) is 24.3 Å². The average Bonchev–Trinajstić information content (AvgIpc) is 3.15. The molecule has 0 bridgehead atoms. The maximum Gasteiger partial charge on any atom is 0.307 e. The van der Waals surface area contributed by atoms with E-state index in [1.165, 1.54) is 50.7 Å². The first-order valence-electron chi connectivity index (χ1n) is 7.85. The second-order valence-corrected chi connectivity index (χ2v) is 8.21. The number of rotatable bonds is 8. The molecule has 1 amide bonds. The highest BCUT2D eigenvalue weighted by molar-refractivity contribution is 7.89. The van der Waals surface area contributed by atoms with Crippen molar-refractivity contribution < 1.29 is 27.5 Å². The zero-order chi connectivity index (χ0) is 20.0. The molecule has 0 aliphatic rings. The summed E-state index contributed by atoms with van der Waals surface area (Å²) in [5.74, 6) is -0.573. The van der Waals surface area contributed by atoms with Crippen LogP contribution in [0.2, 0.25) is 0 Å². The summed E-state index contributed by atoms with van der Waals surface area (Å²) in [4.78, 5) is 23.6. The molecule has 146 valence electrons. The number of benzene rings is 1. The summed E-state index contributed by atoms with van der Waals surface area (Å²) >= 11 is 1.33. The van der Waals surface area contributed by atoms with Gasteiger partial charge in [0.05, 0.1) is 37.3 Å². The molecule has 2 aromatic rings. The molecule has 8 nitrogen and oxygen atoms in total. The van der Waals surface area contributed by atoms with Crippen molar-refractivity contribution in [2.75, 3.05) is 19.5 Å². The Hall–Kier alpha value is -2.43. The number of esters is 1. The molecule has 0 saturated carbocycles. The lowest BCUT2D eigenvalue weighted by Crippen LogP contribution is -2.30. The molecule has 2 N–H and O–H groups in total. The van der Waals surface area contributed by atoms with E-state index in [2.05, 4.69) is 14.8 Å². The van der Waals surface area contributed by atoms with Crippen LogP contribution >= 0.6 is 11.3 Å². The predicted octanol–water partition coefficient (Wildman–Crippen LogP) is 2.30. The summed E-state index contributed by atoms with van der Waals surface area (Å²) in [5.41, 5.74) is 0.230. The second-order valence-electron chi connectivity index (χ2n) is 5.51. The first-order chi connectivity index (χ1) is 12.8. The summed E-state index contributed by atoms with van der Waals surface area (Å²) < 4.78 is 38.0. The molecule has 0 saturated heterocycles. The van der Waals surface area contributed by atoms with Crippen LogP contribution in [0.5, 0.6) is 5.75 Å². The average molecular weight is 412 g/mol. The van der Waals surface area contributed by atoms with Gasteiger partial charge in [0.2, 0.25) is 15.9 Å². The number of thiophene rings is 1. The Labute approximate surface area is 161 Å². The fraction of sp³-hybridized carbons (Fsp3) is 0.294. The van der Waals surface area contributed by atoms with Crippen LogP contribution in [-0.4, -0.2) is 34.5 Å². The third kappa shape index (κ3) is 5.52. The SMILES string of the molecule is COC(=O)C[C@@H](NS(=O)(=O)c1ccc(OC)c(NC(C)=O)c1)c1cccs1. The minimum Gasteiger partial charge on any atom is -0.495 e. The minimum absolute atomic E-state index is 0.0709. The van der Waals surface area contributed by atoms with E-state index in [4.69, 9.17) is 4.74 Å². The zero-order valence-electron chi connectivity index (χ0n) is 15.0. The lowest BCUT2D eigenvalue weighted by Gasteiger charge is -2.17. The number of amides is 1. The van der Waals surface area contributed by atoms with Gasteiger partial charge in [0.15, 0.2) is 0 Å². The summed E-state index contributed by atoms with van der Waals surface area (Å²) in [6.07, 6.45) is -0.148. The molecule has 0 aliphatic heterocycles. The first-order valence-corrected chi connectivity index (χ1v) is 10.2. The molecule has 0 radical (unpaired) electrons. The predicted molar refractivity (Wildman–Crippen MR) is 101 cm³/mol. The van der Waals surface area contributed by atoms with Crippen molar-refractivity contribution in [2.24, 2.45) is 0 Å². The fourth-order valence-corrected chi connectivity index (χ4v) is 4.43. The Bertz CT molecular complexity index is 910. The number of anilines is 1. The Balaban J connectivity index is 2.35. The van der Waals surface area contributed by atoms with Crippen LogP contribution in [-0.2, 0) is 24.3 Å². The van der Waals surface area contributed by atoms with Crippen molar-refractivity contribution in [2.45, 2.75) is 24.3 Å². The highest BCUT2D eigenvalue weighted by Gasteiger charge is 2.25. The number of carbonyl (C=O) groups excluding carboxylic acids is 2. The molecule has 27 heavy (non-hydrogen) atoms. The monoisotopic (exact) mass is 412 g/mol. The van der Waals surface area contributed by atoms with Crippen molar-refractivity contribution in [3.8, 4) is 5.75 Å². The molecule has 10 heteroatoms. The third-order valence-electron chi connectivity index (χ3n) is 3.57. The van der Waals surface area contributed by atoms with E-state index in [0.717, 1.165) is 0 Å². The van der Waals surface area contributed by atoms with Gasteiger partial charge in [-0.3, -0.25) is 9.59 Å². The van der Waals surface area contributed by atoms with Crippen LogP contribution in [0.4, 0.5) is 5.69 Å². The summed E-state index contributed by atoms with van der Waals surface area (Å²) in [5, 5.41) is 4.32. The van der Waals surface area contributed by atoms with Gasteiger partial charge in [-0.25, -0.2) is 13.1 Å². The van der Waals surface area contributed by atoms with Crippen LogP contribution in [0, 0.1) is 0 Å². The maximum absolute atomic E-state index is 12.8. The van der Waals surface area contributed by atoms with E-state index in [1.54, 1.807) is 17.5 Å². The van der Waals surface area contributed by atoms with Crippen LogP contribution in [0.15, 0.2) is 40.6 Å². The lowest BCUT2D eigenvalue weighted by atomic mass is 10.2. The lowest BCUT2D eigenvalue weighted by molar-refractivity contribution is -0.141. The summed E-state index contributed by atoms with van der Waals surface area (Å²) in [7, 11) is -1.33. The number of methoxy groups -OCH3 is 2. The highest BCUT2D eigenvalue weighted by atomic mass is 32.2. The second kappa shape index (κ2) is 8.98. The van der Waals surface area contributed by atoms with Gasteiger partial charge in [-0.1, -0.05) is 6.07 Å². The number of carbonyl (C=O) groups is 2. The standard InChI is InChI=1S/C17H20N2O6S2/c1-11(20)18-13-9-12(6-7-15(13)24-2)27(22,23)19-14(10-17(21)25-3)16-5-4-8-26-16/h4-9,14,19H,10H2,1-3H3,(H,18,20)/t14-/m1/s1. The van der Waals surface area contributed by atoms with Crippen molar-refractivity contribution >= 4 is 38.9 Å². The van der Waals surface area contributed by atoms with Crippen LogP contribution in [0.25, 0.3) is 0 Å². The van der Waals surface area contributed by atoms with Crippen molar-refractivity contribution in [3.05, 3.63) is 40.6 Å². The Morgan fingerprint density at radius 2 is 1.96 bits per heavy atom. The zero-order valence-corrected chi connectivity index (χ0v) is 16.6. The fourth-order valence-electron chi connectivity index (χ4n) is 2.34. The number of ether oxygens (including phenoxy) is 2. The van der Waals surface area contributed by atoms with Crippen molar-refractivity contribution in [1.29, 1.82) is 0 Å². The van der Waals surface area contributed by atoms with E-state index in [-0.39, 0.29) is 22.9 Å². The van der Waals surface area contributed by atoms with Crippen molar-refractivity contribution in [3.63, 3.8) is 0 Å². The van der Waals surface area contributed by atoms with Gasteiger partial charge in [0.1, 0.15) is 5.75 Å². The molecule has 1 aromatic heterocycles. The normalized spacial score (nSPS) is 12.3. The topological polar surface area (TPSA) is 111 Å². The maximum atomic E-state index is 12.8.